The van der Waals surface area contributed by atoms with Gasteiger partial charge in [0, 0.05) is 18.3 Å². The normalized spacial score (nSPS) is 18.1. The van der Waals surface area contributed by atoms with Crippen molar-refractivity contribution in [2.75, 3.05) is 12.0 Å². The molecule has 1 unspecified atom stereocenters. The summed E-state index contributed by atoms with van der Waals surface area (Å²) in [6.45, 7) is 0. The molecule has 1 N–H and O–H groups in total. The molecule has 1 heterocycles. The molecule has 0 spiro atoms. The monoisotopic (exact) mass is 265 g/mol. The van der Waals surface area contributed by atoms with Gasteiger partial charge >= 0.3 is 5.97 Å². The lowest BCUT2D eigenvalue weighted by molar-refractivity contribution is -0.140. The average Bonchev–Trinajstić information content (AvgIpc) is 2.85. The number of methoxy groups -OCH3 is 1. The fraction of sp³-hybridized carbons (Fsp3) is 0.308. The van der Waals surface area contributed by atoms with E-state index >= 15 is 0 Å². The van der Waals surface area contributed by atoms with Crippen LogP contribution < -0.4 is 4.90 Å². The first-order valence-electron chi connectivity index (χ1n) is 5.67. The largest absolute Gasteiger partial charge is 0.508 e. The topological polar surface area (TPSA) is 49.8 Å². The maximum absolute atomic E-state index is 11.2. The molecule has 1 aromatic rings. The number of phenolic OH excluding ortho intramolecular Hbond substituents is 1. The van der Waals surface area contributed by atoms with E-state index in [1.807, 2.05) is 23.7 Å². The molecule has 1 atom stereocenters. The van der Waals surface area contributed by atoms with Gasteiger partial charge in [0.15, 0.2) is 0 Å². The Balaban J connectivity index is 2.00. The van der Waals surface area contributed by atoms with Crippen LogP contribution in [0, 0.1) is 0 Å². The van der Waals surface area contributed by atoms with E-state index in [0.29, 0.717) is 6.42 Å². The van der Waals surface area contributed by atoms with E-state index in [0.717, 1.165) is 12.1 Å². The number of aromatic hydroxyl groups is 1. The molecule has 1 aliphatic rings. The maximum Gasteiger partial charge on any atom is 0.305 e. The number of rotatable bonds is 4. The number of ether oxygens (including phenoxy) is 1. The molecule has 1 aliphatic heterocycles. The Bertz CT molecular complexity index is 444. The third kappa shape index (κ3) is 2.98. The second kappa shape index (κ2) is 5.82. The van der Waals surface area contributed by atoms with Crippen LogP contribution in [-0.2, 0) is 9.53 Å². The number of hydrogen-bond acceptors (Lipinski definition) is 5. The van der Waals surface area contributed by atoms with Crippen molar-refractivity contribution in [3.63, 3.8) is 0 Å². The van der Waals surface area contributed by atoms with E-state index in [1.165, 1.54) is 7.11 Å². The van der Waals surface area contributed by atoms with E-state index < -0.39 is 0 Å². The fourth-order valence-corrected chi connectivity index (χ4v) is 2.74. The van der Waals surface area contributed by atoms with Crippen LogP contribution in [0.4, 0.5) is 5.69 Å². The number of anilines is 1. The molecule has 1 aromatic carbocycles. The first kappa shape index (κ1) is 12.8. The highest BCUT2D eigenvalue weighted by Gasteiger charge is 2.22. The molecule has 0 aromatic heterocycles. The lowest BCUT2D eigenvalue weighted by Gasteiger charge is -2.24. The number of nitrogens with zero attached hydrogens (tertiary/aromatic N) is 1. The van der Waals surface area contributed by atoms with Gasteiger partial charge in [-0.25, -0.2) is 0 Å². The Morgan fingerprint density at radius 1 is 1.44 bits per heavy atom. The van der Waals surface area contributed by atoms with Gasteiger partial charge in [0.2, 0.25) is 0 Å². The zero-order valence-electron chi connectivity index (χ0n) is 10.1. The van der Waals surface area contributed by atoms with Crippen molar-refractivity contribution in [3.05, 3.63) is 35.9 Å². The van der Waals surface area contributed by atoms with Gasteiger partial charge < -0.3 is 14.7 Å². The fourth-order valence-electron chi connectivity index (χ4n) is 1.78. The molecule has 0 radical (unpaired) electrons. The van der Waals surface area contributed by atoms with Crippen LogP contribution in [0.1, 0.15) is 12.8 Å². The Hall–Kier alpha value is -1.62. The van der Waals surface area contributed by atoms with Gasteiger partial charge in [-0.1, -0.05) is 0 Å². The van der Waals surface area contributed by atoms with Gasteiger partial charge in [-0.2, -0.15) is 0 Å². The van der Waals surface area contributed by atoms with Crippen molar-refractivity contribution in [2.45, 2.75) is 18.2 Å². The van der Waals surface area contributed by atoms with E-state index in [2.05, 4.69) is 9.64 Å². The molecule has 18 heavy (non-hydrogen) atoms. The summed E-state index contributed by atoms with van der Waals surface area (Å²) in [4.78, 5) is 13.2. The molecular formula is C13H15NO3S. The molecule has 0 saturated carbocycles. The standard InChI is InChI=1S/C13H15NO3S/c1-17-13(16)7-6-12-14(8-9-18-12)10-2-4-11(15)5-3-10/h2-5,8-9,12,15H,6-7H2,1H3. The summed E-state index contributed by atoms with van der Waals surface area (Å²) in [5.41, 5.74) is 1.00. The second-order valence-corrected chi connectivity index (χ2v) is 5.00. The van der Waals surface area contributed by atoms with Crippen LogP contribution in [0.2, 0.25) is 0 Å². The highest BCUT2D eigenvalue weighted by molar-refractivity contribution is 8.03. The summed E-state index contributed by atoms with van der Waals surface area (Å²) < 4.78 is 4.65. The van der Waals surface area contributed by atoms with E-state index in [-0.39, 0.29) is 17.1 Å². The number of carbonyl (C=O) groups excluding carboxylic acids is 1. The van der Waals surface area contributed by atoms with Gasteiger partial charge in [0.25, 0.3) is 0 Å². The number of carbonyl (C=O) groups is 1. The van der Waals surface area contributed by atoms with Gasteiger partial charge in [0.05, 0.1) is 12.5 Å². The Kier molecular flexibility index (Phi) is 4.15. The molecular weight excluding hydrogens is 250 g/mol. The number of benzene rings is 1. The molecule has 0 fully saturated rings. The lowest BCUT2D eigenvalue weighted by atomic mass is 10.2. The van der Waals surface area contributed by atoms with E-state index in [9.17, 15) is 9.90 Å². The van der Waals surface area contributed by atoms with Gasteiger partial charge in [-0.3, -0.25) is 4.79 Å². The van der Waals surface area contributed by atoms with Crippen molar-refractivity contribution in [2.24, 2.45) is 0 Å². The van der Waals surface area contributed by atoms with E-state index in [4.69, 9.17) is 0 Å². The summed E-state index contributed by atoms with van der Waals surface area (Å²) in [5.74, 6) is 0.0637. The van der Waals surface area contributed by atoms with Crippen molar-refractivity contribution in [3.8, 4) is 5.75 Å². The van der Waals surface area contributed by atoms with Crippen molar-refractivity contribution in [1.82, 2.24) is 0 Å². The predicted octanol–water partition coefficient (Wildman–Crippen LogP) is 2.70. The quantitative estimate of drug-likeness (QED) is 0.848. The van der Waals surface area contributed by atoms with Crippen LogP contribution >= 0.6 is 11.8 Å². The highest BCUT2D eigenvalue weighted by atomic mass is 32.2. The van der Waals surface area contributed by atoms with Crippen molar-refractivity contribution < 1.29 is 14.6 Å². The number of thioether (sulfide) groups is 1. The zero-order chi connectivity index (χ0) is 13.0. The number of esters is 1. The minimum Gasteiger partial charge on any atom is -0.508 e. The minimum atomic E-state index is -0.187. The Morgan fingerprint density at radius 2 is 2.17 bits per heavy atom. The second-order valence-electron chi connectivity index (χ2n) is 3.91. The summed E-state index contributed by atoms with van der Waals surface area (Å²) in [5, 5.41) is 11.5. The predicted molar refractivity (Wildman–Crippen MR) is 72.4 cm³/mol. The summed E-state index contributed by atoms with van der Waals surface area (Å²) in [6, 6.07) is 7.03. The van der Waals surface area contributed by atoms with Crippen LogP contribution in [-0.4, -0.2) is 23.6 Å². The summed E-state index contributed by atoms with van der Waals surface area (Å²) >= 11 is 1.68. The van der Waals surface area contributed by atoms with Gasteiger partial charge in [0.1, 0.15) is 5.75 Å². The number of hydrogen-bond donors (Lipinski definition) is 1. The molecule has 4 nitrogen and oxygen atoms in total. The van der Waals surface area contributed by atoms with Gasteiger partial charge in [-0.15, -0.1) is 11.8 Å². The first-order chi connectivity index (χ1) is 8.70. The molecule has 0 amide bonds. The smallest absolute Gasteiger partial charge is 0.305 e. The van der Waals surface area contributed by atoms with Crippen molar-refractivity contribution >= 4 is 23.4 Å². The first-order valence-corrected chi connectivity index (χ1v) is 6.61. The maximum atomic E-state index is 11.2. The number of phenols is 1. The van der Waals surface area contributed by atoms with Crippen molar-refractivity contribution in [1.29, 1.82) is 0 Å². The SMILES string of the molecule is COC(=O)CCC1SC=CN1c1ccc(O)cc1. The molecule has 5 heteroatoms. The minimum absolute atomic E-state index is 0.187. The molecule has 2 rings (SSSR count). The molecule has 96 valence electrons. The van der Waals surface area contributed by atoms with Crippen LogP contribution in [0.15, 0.2) is 35.9 Å². The van der Waals surface area contributed by atoms with Crippen LogP contribution in [0.3, 0.4) is 0 Å². The molecule has 0 saturated heterocycles. The summed E-state index contributed by atoms with van der Waals surface area (Å²) in [7, 11) is 1.40. The van der Waals surface area contributed by atoms with E-state index in [1.54, 1.807) is 23.9 Å². The Morgan fingerprint density at radius 3 is 2.83 bits per heavy atom. The van der Waals surface area contributed by atoms with Gasteiger partial charge in [-0.05, 0) is 36.1 Å². The average molecular weight is 265 g/mol. The van der Waals surface area contributed by atoms with Crippen LogP contribution in [0.25, 0.3) is 0 Å². The van der Waals surface area contributed by atoms with Crippen LogP contribution in [0.5, 0.6) is 5.75 Å². The lowest BCUT2D eigenvalue weighted by Crippen LogP contribution is -2.24. The third-order valence-corrected chi connectivity index (χ3v) is 3.79. The zero-order valence-corrected chi connectivity index (χ0v) is 10.9. The molecule has 0 aliphatic carbocycles. The highest BCUT2D eigenvalue weighted by Crippen LogP contribution is 2.33. The summed E-state index contributed by atoms with van der Waals surface area (Å²) in [6.07, 6.45) is 3.12. The third-order valence-electron chi connectivity index (χ3n) is 2.74. The Labute approximate surface area is 110 Å². The molecule has 0 bridgehead atoms.